The van der Waals surface area contributed by atoms with Crippen molar-refractivity contribution in [1.29, 1.82) is 0 Å². The number of nitrogen functional groups attached to an aromatic ring is 1. The molecule has 1 aliphatic heterocycles. The fourth-order valence-corrected chi connectivity index (χ4v) is 3.57. The van der Waals surface area contributed by atoms with Gasteiger partial charge in [-0.2, -0.15) is 5.10 Å². The number of halogens is 1. The summed E-state index contributed by atoms with van der Waals surface area (Å²) in [5.41, 5.74) is 7.34. The van der Waals surface area contributed by atoms with Gasteiger partial charge in [0.25, 0.3) is 0 Å². The first-order valence-electron chi connectivity index (χ1n) is 5.29. The van der Waals surface area contributed by atoms with Gasteiger partial charge in [-0.15, -0.1) is 0 Å². The van der Waals surface area contributed by atoms with E-state index in [0.717, 1.165) is 0 Å². The van der Waals surface area contributed by atoms with Crippen molar-refractivity contribution in [3.05, 3.63) is 41.3 Å². The fraction of sp³-hybridized carbons (Fsp3) is 0.182. The third-order valence-corrected chi connectivity index (χ3v) is 4.32. The lowest BCUT2D eigenvalue weighted by atomic mass is 10.3. The molecule has 0 aliphatic carbocycles. The zero-order chi connectivity index (χ0) is 12.9. The van der Waals surface area contributed by atoms with Crippen molar-refractivity contribution in [2.24, 2.45) is 0 Å². The van der Waals surface area contributed by atoms with Crippen LogP contribution in [0.25, 0.3) is 5.69 Å². The van der Waals surface area contributed by atoms with Crippen LogP contribution in [0.3, 0.4) is 0 Å². The summed E-state index contributed by atoms with van der Waals surface area (Å²) in [6, 6.07) is 5.83. The van der Waals surface area contributed by atoms with E-state index < -0.39 is 15.7 Å². The lowest BCUT2D eigenvalue weighted by Gasteiger charge is -2.05. The van der Waals surface area contributed by atoms with Crippen LogP contribution in [0, 0.1) is 5.82 Å². The Morgan fingerprint density at radius 2 is 2.11 bits per heavy atom. The van der Waals surface area contributed by atoms with Crippen molar-refractivity contribution >= 4 is 15.7 Å². The van der Waals surface area contributed by atoms with Gasteiger partial charge in [0.15, 0.2) is 9.84 Å². The van der Waals surface area contributed by atoms with E-state index in [-0.39, 0.29) is 17.3 Å². The Labute approximate surface area is 103 Å². The van der Waals surface area contributed by atoms with Crippen LogP contribution in [0.15, 0.2) is 24.3 Å². The van der Waals surface area contributed by atoms with E-state index >= 15 is 0 Å². The van der Waals surface area contributed by atoms with Crippen LogP contribution in [0.2, 0.25) is 0 Å². The highest BCUT2D eigenvalue weighted by molar-refractivity contribution is 7.90. The number of benzene rings is 1. The molecule has 18 heavy (non-hydrogen) atoms. The van der Waals surface area contributed by atoms with Gasteiger partial charge in [-0.3, -0.25) is 0 Å². The van der Waals surface area contributed by atoms with Gasteiger partial charge in [0.2, 0.25) is 0 Å². The second kappa shape index (κ2) is 3.55. The number of aromatic nitrogens is 2. The lowest BCUT2D eigenvalue weighted by molar-refractivity contribution is 0.597. The first-order valence-corrected chi connectivity index (χ1v) is 7.11. The topological polar surface area (TPSA) is 78.0 Å². The van der Waals surface area contributed by atoms with Gasteiger partial charge in [0.05, 0.1) is 22.9 Å². The van der Waals surface area contributed by atoms with Crippen molar-refractivity contribution in [1.82, 2.24) is 9.78 Å². The molecule has 0 amide bonds. The van der Waals surface area contributed by atoms with Crippen LogP contribution in [0.5, 0.6) is 0 Å². The van der Waals surface area contributed by atoms with E-state index in [1.807, 2.05) is 0 Å². The fourth-order valence-electron chi connectivity index (χ4n) is 2.07. The molecule has 2 N–H and O–H groups in total. The first kappa shape index (κ1) is 11.2. The van der Waals surface area contributed by atoms with Gasteiger partial charge in [0.1, 0.15) is 11.6 Å². The molecule has 7 heteroatoms. The van der Waals surface area contributed by atoms with Crippen LogP contribution in [0.4, 0.5) is 10.2 Å². The Bertz CT molecular complexity index is 737. The number of hydrogen-bond acceptors (Lipinski definition) is 4. The molecular formula is C11H10FN3O2S. The highest BCUT2D eigenvalue weighted by Gasteiger charge is 2.31. The zero-order valence-corrected chi connectivity index (χ0v) is 10.1. The lowest BCUT2D eigenvalue weighted by Crippen LogP contribution is -2.07. The molecule has 1 aromatic carbocycles. The highest BCUT2D eigenvalue weighted by Crippen LogP contribution is 2.30. The minimum Gasteiger partial charge on any atom is -0.383 e. The largest absolute Gasteiger partial charge is 0.383 e. The zero-order valence-electron chi connectivity index (χ0n) is 9.30. The van der Waals surface area contributed by atoms with Crippen molar-refractivity contribution < 1.29 is 12.8 Å². The summed E-state index contributed by atoms with van der Waals surface area (Å²) in [4.78, 5) is 0. The van der Waals surface area contributed by atoms with E-state index in [4.69, 9.17) is 5.73 Å². The minimum absolute atomic E-state index is 0.0938. The van der Waals surface area contributed by atoms with E-state index in [1.165, 1.54) is 16.8 Å². The van der Waals surface area contributed by atoms with E-state index in [0.29, 0.717) is 16.9 Å². The Balaban J connectivity index is 2.13. The van der Waals surface area contributed by atoms with Crippen molar-refractivity contribution in [3.8, 4) is 5.69 Å². The van der Waals surface area contributed by atoms with E-state index in [2.05, 4.69) is 5.10 Å². The maximum Gasteiger partial charge on any atom is 0.160 e. The molecule has 0 radical (unpaired) electrons. The monoisotopic (exact) mass is 267 g/mol. The van der Waals surface area contributed by atoms with Crippen LogP contribution in [0.1, 0.15) is 11.3 Å². The predicted molar refractivity (Wildman–Crippen MR) is 64.3 cm³/mol. The molecule has 0 unspecified atom stereocenters. The Morgan fingerprint density at radius 1 is 1.33 bits per heavy atom. The summed E-state index contributed by atoms with van der Waals surface area (Å²) < 4.78 is 37.4. The smallest absolute Gasteiger partial charge is 0.160 e. The summed E-state index contributed by atoms with van der Waals surface area (Å²) in [6.07, 6.45) is 0. The summed E-state index contributed by atoms with van der Waals surface area (Å²) in [5, 5.41) is 4.14. The molecular weight excluding hydrogens is 257 g/mol. The van der Waals surface area contributed by atoms with Crippen LogP contribution >= 0.6 is 0 Å². The molecule has 0 atom stereocenters. The second-order valence-corrected chi connectivity index (χ2v) is 6.30. The standard InChI is InChI=1S/C11H10FN3O2S/c12-7-2-1-3-8(4-7)15-11(13)9-5-18(16,17)6-10(9)14-15/h1-4H,5-6,13H2. The molecule has 5 nitrogen and oxygen atoms in total. The maximum absolute atomic E-state index is 13.1. The predicted octanol–water partition coefficient (Wildman–Crippen LogP) is 1.02. The summed E-state index contributed by atoms with van der Waals surface area (Å²) >= 11 is 0. The van der Waals surface area contributed by atoms with Crippen LogP contribution in [-0.4, -0.2) is 18.2 Å². The number of nitrogens with two attached hydrogens (primary N) is 1. The quantitative estimate of drug-likeness (QED) is 0.836. The average Bonchev–Trinajstić information content (AvgIpc) is 2.73. The van der Waals surface area contributed by atoms with E-state index in [9.17, 15) is 12.8 Å². The van der Waals surface area contributed by atoms with Gasteiger partial charge in [-0.05, 0) is 18.2 Å². The van der Waals surface area contributed by atoms with Crippen molar-refractivity contribution in [2.45, 2.75) is 11.5 Å². The van der Waals surface area contributed by atoms with Crippen molar-refractivity contribution in [3.63, 3.8) is 0 Å². The molecule has 0 spiro atoms. The van der Waals surface area contributed by atoms with Crippen molar-refractivity contribution in [2.75, 3.05) is 5.73 Å². The number of sulfone groups is 1. The molecule has 0 saturated carbocycles. The maximum atomic E-state index is 13.1. The highest BCUT2D eigenvalue weighted by atomic mass is 32.2. The number of nitrogens with zero attached hydrogens (tertiary/aromatic N) is 2. The Kier molecular flexibility index (Phi) is 2.21. The Hall–Kier alpha value is -1.89. The first-order chi connectivity index (χ1) is 8.46. The number of rotatable bonds is 1. The van der Waals surface area contributed by atoms with Gasteiger partial charge in [0, 0.05) is 5.56 Å². The summed E-state index contributed by atoms with van der Waals surface area (Å²) in [6.45, 7) is 0. The Morgan fingerprint density at radius 3 is 2.78 bits per heavy atom. The number of anilines is 1. The van der Waals surface area contributed by atoms with Gasteiger partial charge < -0.3 is 5.73 Å². The van der Waals surface area contributed by atoms with Crippen LogP contribution in [-0.2, 0) is 21.3 Å². The molecule has 2 heterocycles. The summed E-state index contributed by atoms with van der Waals surface area (Å²) in [5.74, 6) is -0.329. The van der Waals surface area contributed by atoms with Gasteiger partial charge >= 0.3 is 0 Å². The number of fused-ring (bicyclic) bond motifs is 1. The second-order valence-electron chi connectivity index (χ2n) is 4.23. The molecule has 1 aliphatic rings. The normalized spacial score (nSPS) is 16.7. The van der Waals surface area contributed by atoms with E-state index in [1.54, 1.807) is 12.1 Å². The molecule has 94 valence electrons. The summed E-state index contributed by atoms with van der Waals surface area (Å²) in [7, 11) is -3.12. The van der Waals surface area contributed by atoms with Gasteiger partial charge in [-0.1, -0.05) is 6.07 Å². The van der Waals surface area contributed by atoms with Crippen LogP contribution < -0.4 is 5.73 Å². The molecule has 0 fully saturated rings. The van der Waals surface area contributed by atoms with Gasteiger partial charge in [-0.25, -0.2) is 17.5 Å². The minimum atomic E-state index is -3.12. The third-order valence-electron chi connectivity index (χ3n) is 2.88. The molecule has 0 saturated heterocycles. The molecule has 0 bridgehead atoms. The SMILES string of the molecule is Nc1c2c(nn1-c1cccc(F)c1)CS(=O)(=O)C2. The molecule has 3 rings (SSSR count). The number of hydrogen-bond donors (Lipinski definition) is 1. The third kappa shape index (κ3) is 1.67. The average molecular weight is 267 g/mol. The molecule has 2 aromatic rings. The molecule has 1 aromatic heterocycles.